The third kappa shape index (κ3) is 5.94. The van der Waals surface area contributed by atoms with Crippen molar-refractivity contribution in [2.24, 2.45) is 27.9 Å². The van der Waals surface area contributed by atoms with Gasteiger partial charge in [0.05, 0.1) is 24.8 Å². The van der Waals surface area contributed by atoms with Crippen molar-refractivity contribution in [1.29, 1.82) is 5.41 Å². The first-order valence-corrected chi connectivity index (χ1v) is 11.9. The minimum absolute atomic E-state index is 0.107. The molecule has 3 fully saturated rings. The maximum atomic E-state index is 12.0. The summed E-state index contributed by atoms with van der Waals surface area (Å²) in [6.45, 7) is 0.561. The highest BCUT2D eigenvalue weighted by molar-refractivity contribution is 5.76. The van der Waals surface area contributed by atoms with Crippen LogP contribution in [0.25, 0.3) is 0 Å². The van der Waals surface area contributed by atoms with Crippen LogP contribution in [0, 0.1) is 5.41 Å². The van der Waals surface area contributed by atoms with E-state index in [-0.39, 0.29) is 6.29 Å². The molecule has 2 aliphatic heterocycles. The normalized spacial score (nSPS) is 48.3. The summed E-state index contributed by atoms with van der Waals surface area (Å²) in [5, 5.41) is 83.2. The molecule has 1 aliphatic carbocycles. The minimum Gasteiger partial charge on any atom is -0.394 e. The molecular weight excluding hydrogens is 530 g/mol. The Balaban J connectivity index is 1.93. The molecule has 19 nitrogen and oxygen atoms in total. The largest absolute Gasteiger partial charge is 0.394 e. The van der Waals surface area contributed by atoms with Crippen LogP contribution in [0.2, 0.25) is 0 Å². The van der Waals surface area contributed by atoms with Crippen LogP contribution in [-0.4, -0.2) is 152 Å². The molecule has 0 aromatic heterocycles. The highest BCUT2D eigenvalue weighted by Crippen LogP contribution is 2.38. The summed E-state index contributed by atoms with van der Waals surface area (Å²) in [6, 6.07) is -4.34. The van der Waals surface area contributed by atoms with Crippen LogP contribution in [0.15, 0.2) is 4.99 Å². The van der Waals surface area contributed by atoms with Crippen molar-refractivity contribution in [2.45, 2.75) is 98.2 Å². The molecule has 2 heterocycles. The lowest BCUT2D eigenvalue weighted by molar-refractivity contribution is -0.311. The predicted octanol–water partition coefficient (Wildman–Crippen LogP) is -8.21. The average Bonchev–Trinajstić information content (AvgIpc) is 3.11. The molecule has 0 spiro atoms. The number of nitrogens with one attached hydrogen (secondary N) is 2. The fourth-order valence-electron chi connectivity index (χ4n) is 4.85. The topological polar surface area (TPSA) is 348 Å². The van der Waals surface area contributed by atoms with Crippen LogP contribution in [0.1, 0.15) is 6.92 Å². The van der Waals surface area contributed by atoms with Crippen LogP contribution in [0.5, 0.6) is 0 Å². The molecule has 224 valence electrons. The highest BCUT2D eigenvalue weighted by Gasteiger charge is 2.60. The fourth-order valence-corrected chi connectivity index (χ4v) is 4.85. The van der Waals surface area contributed by atoms with Crippen LogP contribution in [0.3, 0.4) is 0 Å². The monoisotopic (exact) mass is 567 g/mol. The number of carbonyl (C=O) groups is 1. The van der Waals surface area contributed by atoms with E-state index in [4.69, 9.17) is 47.3 Å². The number of guanidine groups is 2. The number of aliphatic hydroxyl groups is 7. The second-order valence-electron chi connectivity index (χ2n) is 9.69. The fraction of sp³-hybridized carbons (Fsp3) is 0.850. The van der Waals surface area contributed by atoms with Crippen LogP contribution >= 0.6 is 0 Å². The zero-order valence-corrected chi connectivity index (χ0v) is 20.8. The third-order valence-electron chi connectivity index (χ3n) is 7.11. The summed E-state index contributed by atoms with van der Waals surface area (Å²) in [5.41, 5.74) is 19.6. The Bertz CT molecular complexity index is 912. The first-order chi connectivity index (χ1) is 18.2. The molecule has 15 unspecified atom stereocenters. The van der Waals surface area contributed by atoms with Gasteiger partial charge in [0, 0.05) is 0 Å². The molecule has 0 radical (unpaired) electrons. The van der Waals surface area contributed by atoms with Crippen molar-refractivity contribution in [3.05, 3.63) is 0 Å². The number of carbonyl (C=O) groups excluding carboxylic acids is 1. The first kappa shape index (κ1) is 31.3. The summed E-state index contributed by atoms with van der Waals surface area (Å²) >= 11 is 0. The number of nitrogens with zero attached hydrogens (tertiary/aromatic N) is 1. The number of hydrogen-bond donors (Lipinski definition) is 13. The van der Waals surface area contributed by atoms with Crippen LogP contribution in [-0.2, 0) is 23.7 Å². The van der Waals surface area contributed by atoms with E-state index in [0.717, 1.165) is 0 Å². The molecule has 3 aliphatic rings. The van der Waals surface area contributed by atoms with E-state index in [0.29, 0.717) is 0 Å². The van der Waals surface area contributed by atoms with Gasteiger partial charge in [0.25, 0.3) is 0 Å². The minimum atomic E-state index is -2.41. The lowest BCUT2D eigenvalue weighted by Gasteiger charge is -2.46. The Morgan fingerprint density at radius 2 is 1.67 bits per heavy atom. The van der Waals surface area contributed by atoms with Gasteiger partial charge in [-0.1, -0.05) is 0 Å². The molecule has 17 N–H and O–H groups in total. The number of ether oxygens (including phenoxy) is 4. The van der Waals surface area contributed by atoms with Gasteiger partial charge < -0.3 is 82.9 Å². The summed E-state index contributed by atoms with van der Waals surface area (Å²) in [7, 11) is 0. The smallest absolute Gasteiger partial charge is 0.188 e. The first-order valence-electron chi connectivity index (χ1n) is 11.9. The van der Waals surface area contributed by atoms with Crippen LogP contribution < -0.4 is 28.3 Å². The van der Waals surface area contributed by atoms with E-state index in [9.17, 15) is 40.5 Å². The van der Waals surface area contributed by atoms with Gasteiger partial charge in [0.1, 0.15) is 54.9 Å². The van der Waals surface area contributed by atoms with Gasteiger partial charge >= 0.3 is 0 Å². The Morgan fingerprint density at radius 1 is 1.03 bits per heavy atom. The molecule has 0 aromatic carbocycles. The molecule has 0 amide bonds. The van der Waals surface area contributed by atoms with Crippen molar-refractivity contribution < 1.29 is 59.5 Å². The summed E-state index contributed by atoms with van der Waals surface area (Å²) in [6.07, 6.45) is -17.8. The zero-order chi connectivity index (χ0) is 29.4. The van der Waals surface area contributed by atoms with E-state index in [1.807, 2.05) is 0 Å². The number of aldehydes is 1. The molecule has 0 aromatic rings. The number of hydrogen-bond acceptors (Lipinski definition) is 15. The van der Waals surface area contributed by atoms with Gasteiger partial charge in [-0.3, -0.25) is 10.2 Å². The maximum Gasteiger partial charge on any atom is 0.188 e. The lowest BCUT2D eigenvalue weighted by atomic mass is 9.81. The van der Waals surface area contributed by atoms with E-state index in [1.165, 1.54) is 6.92 Å². The van der Waals surface area contributed by atoms with Crippen LogP contribution in [0.4, 0.5) is 0 Å². The van der Waals surface area contributed by atoms with E-state index in [2.05, 4.69) is 10.3 Å². The number of rotatable bonds is 8. The maximum absolute atomic E-state index is 12.0. The van der Waals surface area contributed by atoms with Gasteiger partial charge in [0.2, 0.25) is 0 Å². The standard InChI is InChI=1S/C20H37N7O12/c1-4-20(35,3-29)15(39-16-6(21)10(31)9(30)5(2-28)37-16)17(36-4)38-14-8(27-19(24)25)11(32)7(26-18(22)23)12(33)13(14)34/h3-17,28,30-35H,2,21H2,1H3,(H4,22,23,26)(H4,24,25,27). The molecule has 15 atom stereocenters. The molecule has 0 bridgehead atoms. The lowest BCUT2D eigenvalue weighted by Crippen LogP contribution is -2.70. The number of aliphatic imine (C=N–C) groups is 1. The Hall–Kier alpha value is -2.27. The predicted molar refractivity (Wildman–Crippen MR) is 127 cm³/mol. The molecule has 1 saturated carbocycles. The van der Waals surface area contributed by atoms with Gasteiger partial charge in [-0.15, -0.1) is 0 Å². The van der Waals surface area contributed by atoms with E-state index in [1.54, 1.807) is 0 Å². The SMILES string of the molecule is CC1OC(OC2C(O)C(O)C(N=C(N)N)C(O)C2NC(=N)N)C(OC2OC(CO)C(O)C(O)C2N)C1(O)C=O. The quantitative estimate of drug-likeness (QED) is 0.0735. The second kappa shape index (κ2) is 12.1. The van der Waals surface area contributed by atoms with Gasteiger partial charge in [-0.25, -0.2) is 4.99 Å². The van der Waals surface area contributed by atoms with Crippen molar-refractivity contribution in [1.82, 2.24) is 5.32 Å². The highest BCUT2D eigenvalue weighted by atomic mass is 16.8. The van der Waals surface area contributed by atoms with Gasteiger partial charge in [0.15, 0.2) is 36.4 Å². The summed E-state index contributed by atoms with van der Waals surface area (Å²) in [4.78, 5) is 15.7. The summed E-state index contributed by atoms with van der Waals surface area (Å²) < 4.78 is 22.5. The third-order valence-corrected chi connectivity index (χ3v) is 7.11. The molecule has 3 rings (SSSR count). The van der Waals surface area contributed by atoms with Gasteiger partial charge in [-0.05, 0) is 6.92 Å². The molecule has 39 heavy (non-hydrogen) atoms. The Kier molecular flexibility index (Phi) is 9.68. The molecular formula is C20H37N7O12. The molecule has 19 heteroatoms. The van der Waals surface area contributed by atoms with Crippen molar-refractivity contribution >= 4 is 18.2 Å². The zero-order valence-electron chi connectivity index (χ0n) is 20.8. The van der Waals surface area contributed by atoms with E-state index < -0.39 is 110 Å². The van der Waals surface area contributed by atoms with Crippen molar-refractivity contribution in [2.75, 3.05) is 6.61 Å². The van der Waals surface area contributed by atoms with Gasteiger partial charge in [-0.2, -0.15) is 0 Å². The summed E-state index contributed by atoms with van der Waals surface area (Å²) in [5.74, 6) is -1.18. The number of aliphatic hydroxyl groups excluding tert-OH is 6. The molecule has 2 saturated heterocycles. The van der Waals surface area contributed by atoms with E-state index >= 15 is 0 Å². The van der Waals surface area contributed by atoms with Crippen molar-refractivity contribution in [3.8, 4) is 0 Å². The number of nitrogens with two attached hydrogens (primary N) is 4. The van der Waals surface area contributed by atoms with Crippen molar-refractivity contribution in [3.63, 3.8) is 0 Å². The Labute approximate surface area is 221 Å². The second-order valence-corrected chi connectivity index (χ2v) is 9.69. The average molecular weight is 568 g/mol. The Morgan fingerprint density at radius 3 is 2.21 bits per heavy atom.